The molecule has 0 saturated carbocycles. The number of benzene rings is 2. The number of nitrogen functional groups attached to an aromatic ring is 1. The molecule has 0 heterocycles. The molecule has 2 rings (SSSR count). The molecule has 2 aromatic carbocycles. The molecule has 3 nitrogen and oxygen atoms in total. The minimum atomic E-state index is -0.191. The third-order valence-corrected chi connectivity index (χ3v) is 4.02. The molecule has 0 spiro atoms. The number of hydrogen-bond acceptors (Lipinski definition) is 2. The van der Waals surface area contributed by atoms with Crippen molar-refractivity contribution >= 4 is 65.1 Å². The summed E-state index contributed by atoms with van der Waals surface area (Å²) < 4.78 is 2.47. The molecule has 0 aliphatic carbocycles. The quantitative estimate of drug-likeness (QED) is 0.648. The third kappa shape index (κ3) is 3.81. The second-order valence-electron chi connectivity index (χ2n) is 3.85. The van der Waals surface area contributed by atoms with Crippen LogP contribution < -0.4 is 11.1 Å². The van der Waals surface area contributed by atoms with Crippen molar-refractivity contribution in [2.45, 2.75) is 0 Å². The molecule has 0 bridgehead atoms. The molecule has 6 heteroatoms. The van der Waals surface area contributed by atoms with E-state index in [1.807, 2.05) is 6.07 Å². The lowest BCUT2D eigenvalue weighted by atomic mass is 10.2. The third-order valence-electron chi connectivity index (χ3n) is 2.38. The summed E-state index contributed by atoms with van der Waals surface area (Å²) >= 11 is 10.0. The van der Waals surface area contributed by atoms with Crippen LogP contribution in [0.1, 0.15) is 10.4 Å². The largest absolute Gasteiger partial charge is 0.398 e. The summed E-state index contributed by atoms with van der Waals surface area (Å²) in [5.41, 5.74) is 7.56. The summed E-state index contributed by atoms with van der Waals surface area (Å²) in [6, 6.07) is 10.7. The average Bonchev–Trinajstić information content (AvgIpc) is 2.32. The number of hydrogen-bond donors (Lipinski definition) is 2. The lowest BCUT2D eigenvalue weighted by molar-refractivity contribution is 0.102. The van der Waals surface area contributed by atoms with E-state index in [1.54, 1.807) is 30.3 Å². The van der Waals surface area contributed by atoms with E-state index in [9.17, 15) is 4.79 Å². The standard InChI is InChI=1S/C13H9Br3N2O/c14-8-3-7(4-9(15)5-8)13(19)18-10-1-2-11(16)12(17)6-10/h1-6H,17H2,(H,18,19). The van der Waals surface area contributed by atoms with Crippen LogP contribution in [0.4, 0.5) is 11.4 Å². The van der Waals surface area contributed by atoms with Gasteiger partial charge in [-0.2, -0.15) is 0 Å². The van der Waals surface area contributed by atoms with E-state index in [4.69, 9.17) is 5.73 Å². The number of nitrogens with two attached hydrogens (primary N) is 1. The van der Waals surface area contributed by atoms with Crippen LogP contribution in [0.2, 0.25) is 0 Å². The van der Waals surface area contributed by atoms with Gasteiger partial charge in [-0.15, -0.1) is 0 Å². The molecule has 2 aromatic rings. The van der Waals surface area contributed by atoms with Gasteiger partial charge in [-0.05, 0) is 52.3 Å². The van der Waals surface area contributed by atoms with Crippen molar-refractivity contribution in [2.75, 3.05) is 11.1 Å². The SMILES string of the molecule is Nc1cc(NC(=O)c2cc(Br)cc(Br)c2)ccc1Br. The summed E-state index contributed by atoms with van der Waals surface area (Å²) in [7, 11) is 0. The first-order valence-electron chi connectivity index (χ1n) is 5.28. The van der Waals surface area contributed by atoms with Gasteiger partial charge >= 0.3 is 0 Å². The zero-order chi connectivity index (χ0) is 14.0. The van der Waals surface area contributed by atoms with Crippen LogP contribution in [-0.2, 0) is 0 Å². The Morgan fingerprint density at radius 1 is 1.00 bits per heavy atom. The fourth-order valence-electron chi connectivity index (χ4n) is 1.51. The summed E-state index contributed by atoms with van der Waals surface area (Å²) in [4.78, 5) is 12.1. The molecule has 1 amide bonds. The van der Waals surface area contributed by atoms with Crippen LogP contribution >= 0.6 is 47.8 Å². The Morgan fingerprint density at radius 3 is 2.21 bits per heavy atom. The molecule has 3 N–H and O–H groups in total. The number of rotatable bonds is 2. The molecule has 0 unspecified atom stereocenters. The summed E-state index contributed by atoms with van der Waals surface area (Å²) in [6.45, 7) is 0. The van der Waals surface area contributed by atoms with Crippen LogP contribution in [0.5, 0.6) is 0 Å². The lowest BCUT2D eigenvalue weighted by Gasteiger charge is -2.08. The van der Waals surface area contributed by atoms with Crippen LogP contribution in [0, 0.1) is 0 Å². The molecule has 0 fully saturated rings. The van der Waals surface area contributed by atoms with E-state index in [0.717, 1.165) is 13.4 Å². The van der Waals surface area contributed by atoms with Crippen molar-refractivity contribution in [3.05, 3.63) is 55.4 Å². The average molecular weight is 449 g/mol. The molecule has 0 saturated heterocycles. The van der Waals surface area contributed by atoms with E-state index in [0.29, 0.717) is 16.9 Å². The first-order valence-corrected chi connectivity index (χ1v) is 7.66. The topological polar surface area (TPSA) is 55.1 Å². The number of carbonyl (C=O) groups is 1. The van der Waals surface area contributed by atoms with Crippen LogP contribution in [0.15, 0.2) is 49.8 Å². The molecule has 19 heavy (non-hydrogen) atoms. The molecule has 0 radical (unpaired) electrons. The van der Waals surface area contributed by atoms with Gasteiger partial charge in [0.1, 0.15) is 0 Å². The van der Waals surface area contributed by atoms with Crippen molar-refractivity contribution in [3.63, 3.8) is 0 Å². The van der Waals surface area contributed by atoms with Crippen molar-refractivity contribution in [1.29, 1.82) is 0 Å². The first-order chi connectivity index (χ1) is 8.95. The minimum Gasteiger partial charge on any atom is -0.398 e. The van der Waals surface area contributed by atoms with Gasteiger partial charge in [0.2, 0.25) is 0 Å². The Bertz CT molecular complexity index is 624. The van der Waals surface area contributed by atoms with E-state index in [2.05, 4.69) is 53.1 Å². The Kier molecular flexibility index (Phi) is 4.65. The van der Waals surface area contributed by atoms with E-state index >= 15 is 0 Å². The van der Waals surface area contributed by atoms with Gasteiger partial charge in [-0.1, -0.05) is 31.9 Å². The molecule has 0 aliphatic rings. The van der Waals surface area contributed by atoms with Gasteiger partial charge in [-0.3, -0.25) is 4.79 Å². The summed E-state index contributed by atoms with van der Waals surface area (Å²) in [6.07, 6.45) is 0. The Balaban J connectivity index is 2.22. The Morgan fingerprint density at radius 2 is 1.63 bits per heavy atom. The molecular weight excluding hydrogens is 440 g/mol. The monoisotopic (exact) mass is 446 g/mol. The maximum Gasteiger partial charge on any atom is 0.255 e. The molecule has 98 valence electrons. The second-order valence-corrected chi connectivity index (χ2v) is 6.53. The minimum absolute atomic E-state index is 0.191. The number of nitrogens with one attached hydrogen (secondary N) is 1. The fraction of sp³-hybridized carbons (Fsp3) is 0. The van der Waals surface area contributed by atoms with Gasteiger partial charge in [-0.25, -0.2) is 0 Å². The summed E-state index contributed by atoms with van der Waals surface area (Å²) in [5.74, 6) is -0.191. The Hall–Kier alpha value is -0.850. The number of halogens is 3. The van der Waals surface area contributed by atoms with Gasteiger partial charge in [0, 0.05) is 30.4 Å². The zero-order valence-electron chi connectivity index (χ0n) is 9.58. The Labute approximate surface area is 136 Å². The van der Waals surface area contributed by atoms with Crippen molar-refractivity contribution in [1.82, 2.24) is 0 Å². The maximum absolute atomic E-state index is 12.1. The number of anilines is 2. The fourth-order valence-corrected chi connectivity index (χ4v) is 3.05. The number of amides is 1. The van der Waals surface area contributed by atoms with Gasteiger partial charge in [0.15, 0.2) is 0 Å². The van der Waals surface area contributed by atoms with Crippen LogP contribution in [0.25, 0.3) is 0 Å². The van der Waals surface area contributed by atoms with Crippen molar-refractivity contribution in [2.24, 2.45) is 0 Å². The van der Waals surface area contributed by atoms with E-state index in [-0.39, 0.29) is 5.91 Å². The normalized spacial score (nSPS) is 10.3. The highest BCUT2D eigenvalue weighted by molar-refractivity contribution is 9.11. The molecule has 0 aliphatic heterocycles. The molecule has 0 aromatic heterocycles. The molecule has 0 atom stereocenters. The molecular formula is C13H9Br3N2O. The highest BCUT2D eigenvalue weighted by atomic mass is 79.9. The summed E-state index contributed by atoms with van der Waals surface area (Å²) in [5, 5.41) is 2.80. The predicted octanol–water partition coefficient (Wildman–Crippen LogP) is 4.81. The zero-order valence-corrected chi connectivity index (χ0v) is 14.3. The highest BCUT2D eigenvalue weighted by Gasteiger charge is 2.08. The van der Waals surface area contributed by atoms with Crippen molar-refractivity contribution in [3.8, 4) is 0 Å². The first kappa shape index (κ1) is 14.6. The lowest BCUT2D eigenvalue weighted by Crippen LogP contribution is -2.12. The van der Waals surface area contributed by atoms with Gasteiger partial charge in [0.05, 0.1) is 0 Å². The number of carbonyl (C=O) groups excluding carboxylic acids is 1. The maximum atomic E-state index is 12.1. The second kappa shape index (κ2) is 6.07. The predicted molar refractivity (Wildman–Crippen MR) is 88.3 cm³/mol. The van der Waals surface area contributed by atoms with Gasteiger partial charge < -0.3 is 11.1 Å². The van der Waals surface area contributed by atoms with E-state index < -0.39 is 0 Å². The van der Waals surface area contributed by atoms with Crippen LogP contribution in [-0.4, -0.2) is 5.91 Å². The van der Waals surface area contributed by atoms with E-state index in [1.165, 1.54) is 0 Å². The highest BCUT2D eigenvalue weighted by Crippen LogP contribution is 2.24. The van der Waals surface area contributed by atoms with Crippen LogP contribution in [0.3, 0.4) is 0 Å². The van der Waals surface area contributed by atoms with Crippen molar-refractivity contribution < 1.29 is 4.79 Å². The van der Waals surface area contributed by atoms with Gasteiger partial charge in [0.25, 0.3) is 5.91 Å². The smallest absolute Gasteiger partial charge is 0.255 e.